The normalized spacial score (nSPS) is 10.1. The molecular formula is C18H23BO4. The van der Waals surface area contributed by atoms with E-state index in [9.17, 15) is 0 Å². The Morgan fingerprint density at radius 2 is 1.17 bits per heavy atom. The second kappa shape index (κ2) is 8.37. The van der Waals surface area contributed by atoms with Gasteiger partial charge in [0.05, 0.1) is 14.2 Å². The quantitative estimate of drug-likeness (QED) is 0.698. The van der Waals surface area contributed by atoms with Crippen molar-refractivity contribution in [2.75, 3.05) is 14.2 Å². The highest BCUT2D eigenvalue weighted by atomic mass is 16.6. The number of benzene rings is 2. The smallest absolute Gasteiger partial charge is 0.529 e. The van der Waals surface area contributed by atoms with Crippen LogP contribution in [0.3, 0.4) is 0 Å². The van der Waals surface area contributed by atoms with Crippen LogP contribution in [0.25, 0.3) is 0 Å². The van der Waals surface area contributed by atoms with E-state index in [2.05, 4.69) is 13.8 Å². The topological polar surface area (TPSA) is 36.9 Å². The zero-order chi connectivity index (χ0) is 16.7. The maximum absolute atomic E-state index is 5.67. The molecule has 0 saturated heterocycles. The summed E-state index contributed by atoms with van der Waals surface area (Å²) in [5.41, 5.74) is 2.23. The fourth-order valence-corrected chi connectivity index (χ4v) is 2.41. The molecule has 2 aromatic rings. The monoisotopic (exact) mass is 314 g/mol. The van der Waals surface area contributed by atoms with Crippen LogP contribution in [0.2, 0.25) is 0 Å². The standard InChI is InChI=1S/C18H23BO4/c1-5-13-11-15(7-9-17(13)20-3)22-19-23-16-8-10-18(21-4)14(6-2)12-16/h7-12,19H,5-6H2,1-4H3. The molecule has 0 aromatic heterocycles. The summed E-state index contributed by atoms with van der Waals surface area (Å²) < 4.78 is 22.0. The minimum absolute atomic E-state index is 0.158. The number of rotatable bonds is 8. The van der Waals surface area contributed by atoms with Crippen LogP contribution in [-0.2, 0) is 12.8 Å². The third-order valence-corrected chi connectivity index (χ3v) is 3.72. The molecule has 0 spiro atoms. The van der Waals surface area contributed by atoms with Crippen LogP contribution in [-0.4, -0.2) is 21.9 Å². The maximum atomic E-state index is 5.67. The number of hydrogen-bond acceptors (Lipinski definition) is 4. The third-order valence-electron chi connectivity index (χ3n) is 3.72. The van der Waals surface area contributed by atoms with E-state index in [0.29, 0.717) is 0 Å². The average molecular weight is 314 g/mol. The molecule has 4 nitrogen and oxygen atoms in total. The van der Waals surface area contributed by atoms with Gasteiger partial charge in [0, 0.05) is 0 Å². The molecule has 0 bridgehead atoms. The van der Waals surface area contributed by atoms with Crippen molar-refractivity contribution in [3.05, 3.63) is 47.5 Å². The first-order chi connectivity index (χ1) is 11.2. The first-order valence-electron chi connectivity index (χ1n) is 7.81. The third kappa shape index (κ3) is 4.34. The Balaban J connectivity index is 1.97. The van der Waals surface area contributed by atoms with Crippen LogP contribution in [0.5, 0.6) is 23.0 Å². The van der Waals surface area contributed by atoms with Crippen molar-refractivity contribution in [1.82, 2.24) is 0 Å². The fourth-order valence-electron chi connectivity index (χ4n) is 2.41. The molecule has 0 aliphatic heterocycles. The summed E-state index contributed by atoms with van der Waals surface area (Å²) in [7, 11) is 3.51. The highest BCUT2D eigenvalue weighted by molar-refractivity contribution is 6.20. The minimum Gasteiger partial charge on any atom is -0.529 e. The van der Waals surface area contributed by atoms with Gasteiger partial charge < -0.3 is 18.8 Å². The van der Waals surface area contributed by atoms with Gasteiger partial charge in [-0.25, -0.2) is 0 Å². The first kappa shape index (κ1) is 17.1. The van der Waals surface area contributed by atoms with E-state index in [-0.39, 0.29) is 7.69 Å². The van der Waals surface area contributed by atoms with Crippen molar-refractivity contribution in [3.8, 4) is 23.0 Å². The Hall–Kier alpha value is -2.30. The van der Waals surface area contributed by atoms with Gasteiger partial charge in [0.1, 0.15) is 23.0 Å². The Kier molecular flexibility index (Phi) is 6.21. The molecule has 0 saturated carbocycles. The van der Waals surface area contributed by atoms with Crippen LogP contribution < -0.4 is 18.8 Å². The molecule has 2 aromatic carbocycles. The second-order valence-electron chi connectivity index (χ2n) is 5.06. The van der Waals surface area contributed by atoms with Crippen molar-refractivity contribution in [1.29, 1.82) is 0 Å². The van der Waals surface area contributed by atoms with Gasteiger partial charge in [0.25, 0.3) is 0 Å². The highest BCUT2D eigenvalue weighted by Crippen LogP contribution is 2.26. The SMILES string of the molecule is CCc1cc(OBOc2ccc(OC)c(CC)c2)ccc1OC. The van der Waals surface area contributed by atoms with Crippen molar-refractivity contribution in [3.63, 3.8) is 0 Å². The van der Waals surface area contributed by atoms with E-state index in [1.165, 1.54) is 0 Å². The summed E-state index contributed by atoms with van der Waals surface area (Å²) in [5.74, 6) is 3.30. The molecule has 0 fully saturated rings. The van der Waals surface area contributed by atoms with Gasteiger partial charge in [0.2, 0.25) is 0 Å². The molecule has 0 radical (unpaired) electrons. The summed E-state index contributed by atoms with van der Waals surface area (Å²) in [5, 5.41) is 0. The largest absolute Gasteiger partial charge is 0.576 e. The molecule has 0 N–H and O–H groups in total. The molecular weight excluding hydrogens is 291 g/mol. The molecule has 0 atom stereocenters. The van der Waals surface area contributed by atoms with E-state index in [1.54, 1.807) is 14.2 Å². The predicted octanol–water partition coefficient (Wildman–Crippen LogP) is 3.55. The first-order valence-corrected chi connectivity index (χ1v) is 7.81. The van der Waals surface area contributed by atoms with Gasteiger partial charge >= 0.3 is 7.69 Å². The average Bonchev–Trinajstić information content (AvgIpc) is 2.61. The number of aryl methyl sites for hydroxylation is 2. The lowest BCUT2D eigenvalue weighted by molar-refractivity contribution is 0.406. The van der Waals surface area contributed by atoms with Crippen LogP contribution in [0, 0.1) is 0 Å². The molecule has 0 heterocycles. The summed E-state index contributed by atoms with van der Waals surface area (Å²) in [6.45, 7) is 4.17. The fraction of sp³-hybridized carbons (Fsp3) is 0.333. The molecule has 0 aliphatic rings. The van der Waals surface area contributed by atoms with Crippen molar-refractivity contribution in [2.45, 2.75) is 26.7 Å². The summed E-state index contributed by atoms with van der Waals surface area (Å²) in [6.07, 6.45) is 1.78. The lowest BCUT2D eigenvalue weighted by Crippen LogP contribution is -2.11. The molecule has 122 valence electrons. The second-order valence-corrected chi connectivity index (χ2v) is 5.06. The molecule has 5 heteroatoms. The zero-order valence-corrected chi connectivity index (χ0v) is 14.2. The van der Waals surface area contributed by atoms with Crippen molar-refractivity contribution < 1.29 is 18.8 Å². The molecule has 23 heavy (non-hydrogen) atoms. The lowest BCUT2D eigenvalue weighted by atomic mass is 10.1. The van der Waals surface area contributed by atoms with E-state index < -0.39 is 0 Å². The summed E-state index contributed by atoms with van der Waals surface area (Å²) in [6, 6.07) is 11.6. The van der Waals surface area contributed by atoms with E-state index in [4.69, 9.17) is 18.8 Å². The summed E-state index contributed by atoms with van der Waals surface area (Å²) >= 11 is 0. The maximum Gasteiger partial charge on any atom is 0.576 e. The highest BCUT2D eigenvalue weighted by Gasteiger charge is 2.07. The van der Waals surface area contributed by atoms with E-state index in [0.717, 1.165) is 47.0 Å². The molecule has 0 aliphatic carbocycles. The predicted molar refractivity (Wildman–Crippen MR) is 93.1 cm³/mol. The summed E-state index contributed by atoms with van der Waals surface area (Å²) in [4.78, 5) is 0. The van der Waals surface area contributed by atoms with Crippen molar-refractivity contribution >= 4 is 7.69 Å². The van der Waals surface area contributed by atoms with Gasteiger partial charge in [-0.2, -0.15) is 0 Å². The molecule has 2 rings (SSSR count). The van der Waals surface area contributed by atoms with Gasteiger partial charge in [0.15, 0.2) is 0 Å². The number of hydrogen-bond donors (Lipinski definition) is 0. The Labute approximate surface area is 138 Å². The van der Waals surface area contributed by atoms with E-state index in [1.807, 2.05) is 36.4 Å². The Bertz CT molecular complexity index is 587. The van der Waals surface area contributed by atoms with Gasteiger partial charge in [-0.1, -0.05) is 13.8 Å². The Morgan fingerprint density at radius 3 is 1.52 bits per heavy atom. The number of methoxy groups -OCH3 is 2. The van der Waals surface area contributed by atoms with Gasteiger partial charge in [-0.05, 0) is 60.4 Å². The van der Waals surface area contributed by atoms with Gasteiger partial charge in [-0.15, -0.1) is 0 Å². The van der Waals surface area contributed by atoms with Crippen LogP contribution in [0.4, 0.5) is 0 Å². The van der Waals surface area contributed by atoms with Crippen LogP contribution >= 0.6 is 0 Å². The molecule has 0 amide bonds. The Morgan fingerprint density at radius 1 is 0.739 bits per heavy atom. The lowest BCUT2D eigenvalue weighted by Gasteiger charge is -2.12. The van der Waals surface area contributed by atoms with Crippen LogP contribution in [0.15, 0.2) is 36.4 Å². The number of ether oxygens (including phenoxy) is 2. The zero-order valence-electron chi connectivity index (χ0n) is 14.2. The van der Waals surface area contributed by atoms with Crippen molar-refractivity contribution in [2.24, 2.45) is 0 Å². The molecule has 0 unspecified atom stereocenters. The van der Waals surface area contributed by atoms with E-state index >= 15 is 0 Å². The van der Waals surface area contributed by atoms with Crippen LogP contribution in [0.1, 0.15) is 25.0 Å². The minimum atomic E-state index is 0.158. The van der Waals surface area contributed by atoms with Gasteiger partial charge in [-0.3, -0.25) is 0 Å².